The summed E-state index contributed by atoms with van der Waals surface area (Å²) in [4.78, 5) is 27.8. The molecule has 0 aliphatic carbocycles. The molecule has 0 unspecified atom stereocenters. The largest absolute Gasteiger partial charge is 0.507 e. The van der Waals surface area contributed by atoms with E-state index in [1.54, 1.807) is 29.2 Å². The third-order valence-corrected chi connectivity index (χ3v) is 8.13. The molecule has 11 nitrogen and oxygen atoms in total. The molecule has 12 heteroatoms. The lowest BCUT2D eigenvalue weighted by Gasteiger charge is -2.33. The predicted octanol–water partition coefficient (Wildman–Crippen LogP) is 1.34. The van der Waals surface area contributed by atoms with Crippen molar-refractivity contribution in [2.45, 2.75) is 23.8 Å². The van der Waals surface area contributed by atoms with Gasteiger partial charge in [-0.2, -0.15) is 0 Å². The number of phenols is 1. The zero-order chi connectivity index (χ0) is 28.0. The van der Waals surface area contributed by atoms with Gasteiger partial charge in [-0.05, 0) is 53.8 Å². The number of carbonyl (C=O) groups excluding carboxylic acids is 2. The summed E-state index contributed by atoms with van der Waals surface area (Å²) in [6, 6.07) is 16.7. The summed E-state index contributed by atoms with van der Waals surface area (Å²) in [7, 11) is -4.02. The molecule has 7 N–H and O–H groups in total. The lowest BCUT2D eigenvalue weighted by molar-refractivity contribution is -0.123. The summed E-state index contributed by atoms with van der Waals surface area (Å²) >= 11 is 0. The lowest BCUT2D eigenvalue weighted by atomic mass is 9.98. The smallest absolute Gasteiger partial charge is 0.255 e. The van der Waals surface area contributed by atoms with Crippen LogP contribution in [0.25, 0.3) is 10.8 Å². The Bertz CT molecular complexity index is 1480. The van der Waals surface area contributed by atoms with E-state index in [0.717, 1.165) is 23.6 Å². The molecular formula is C27H32N6O5S. The number of hydrogen-bond donors (Lipinski definition) is 6. The van der Waals surface area contributed by atoms with Crippen molar-refractivity contribution in [3.63, 3.8) is 0 Å². The molecule has 2 amide bonds. The van der Waals surface area contributed by atoms with Crippen LogP contribution in [0.15, 0.2) is 71.6 Å². The van der Waals surface area contributed by atoms with E-state index in [9.17, 15) is 23.1 Å². The van der Waals surface area contributed by atoms with Gasteiger partial charge in [0, 0.05) is 26.2 Å². The van der Waals surface area contributed by atoms with E-state index in [4.69, 9.17) is 11.1 Å². The first-order chi connectivity index (χ1) is 18.6. The van der Waals surface area contributed by atoms with E-state index < -0.39 is 34.4 Å². The van der Waals surface area contributed by atoms with E-state index in [0.29, 0.717) is 13.1 Å². The zero-order valence-electron chi connectivity index (χ0n) is 21.3. The van der Waals surface area contributed by atoms with Crippen molar-refractivity contribution in [2.75, 3.05) is 26.2 Å². The number of nitrogens with zero attached hydrogens (tertiary/aromatic N) is 1. The average molecular weight is 553 g/mol. The Balaban J connectivity index is 1.48. The molecule has 0 bridgehead atoms. The fourth-order valence-electron chi connectivity index (χ4n) is 4.54. The maximum Gasteiger partial charge on any atom is 0.255 e. The van der Waals surface area contributed by atoms with Crippen LogP contribution in [-0.4, -0.2) is 68.4 Å². The molecule has 0 radical (unpaired) electrons. The van der Waals surface area contributed by atoms with Gasteiger partial charge in [0.05, 0.1) is 10.5 Å². The number of rotatable bonds is 9. The van der Waals surface area contributed by atoms with E-state index >= 15 is 0 Å². The number of fused-ring (bicyclic) bond motifs is 1. The molecule has 206 valence electrons. The number of nitrogens with one attached hydrogen (secondary N) is 4. The van der Waals surface area contributed by atoms with Crippen molar-refractivity contribution in [3.05, 3.63) is 72.3 Å². The third-order valence-electron chi connectivity index (χ3n) is 6.70. The van der Waals surface area contributed by atoms with Gasteiger partial charge in [0.2, 0.25) is 15.9 Å². The minimum atomic E-state index is -4.02. The van der Waals surface area contributed by atoms with Crippen molar-refractivity contribution >= 4 is 38.6 Å². The molecule has 0 aromatic heterocycles. The second-order valence-electron chi connectivity index (χ2n) is 9.49. The van der Waals surface area contributed by atoms with Crippen LogP contribution in [0, 0.1) is 11.3 Å². The first-order valence-electron chi connectivity index (χ1n) is 12.6. The standard InChI is InChI=1S/C27H32N6O5S/c28-27(29)33-13-5-6-18(17-33)15-30-26(36)23(32-25(35)22-9-3-4-10-24(22)34)16-31-39(37,38)21-12-11-19-7-1-2-8-20(19)14-21/h1-4,7-12,14,18,23,31,34H,5-6,13,15-17H2,(H3,28,29)(H,30,36)(H,32,35)/t18-,23-/m0/s1. The summed E-state index contributed by atoms with van der Waals surface area (Å²) < 4.78 is 28.6. The molecule has 0 spiro atoms. The van der Waals surface area contributed by atoms with Crippen LogP contribution in [-0.2, 0) is 14.8 Å². The number of amides is 2. The molecule has 1 saturated heterocycles. The summed E-state index contributed by atoms with van der Waals surface area (Å²) in [5.41, 5.74) is 5.56. The second kappa shape index (κ2) is 12.1. The Morgan fingerprint density at radius 2 is 1.79 bits per heavy atom. The maximum atomic E-state index is 13.2. The zero-order valence-corrected chi connectivity index (χ0v) is 22.1. The van der Waals surface area contributed by atoms with Gasteiger partial charge < -0.3 is 26.4 Å². The Kier molecular flexibility index (Phi) is 8.67. The van der Waals surface area contributed by atoms with Gasteiger partial charge in [-0.1, -0.05) is 42.5 Å². The lowest BCUT2D eigenvalue weighted by Crippen LogP contribution is -2.54. The number of carbonyl (C=O) groups is 2. The third kappa shape index (κ3) is 7.03. The first kappa shape index (κ1) is 27.9. The van der Waals surface area contributed by atoms with Gasteiger partial charge in [-0.3, -0.25) is 15.0 Å². The number of likely N-dealkylation sites (tertiary alicyclic amines) is 1. The van der Waals surface area contributed by atoms with Crippen LogP contribution in [0.4, 0.5) is 0 Å². The molecule has 39 heavy (non-hydrogen) atoms. The fraction of sp³-hybridized carbons (Fsp3) is 0.296. The normalized spacial score (nSPS) is 16.4. The van der Waals surface area contributed by atoms with Crippen LogP contribution < -0.4 is 21.1 Å². The Hall–Kier alpha value is -4.16. The second-order valence-corrected chi connectivity index (χ2v) is 11.3. The van der Waals surface area contributed by atoms with Crippen LogP contribution >= 0.6 is 0 Å². The summed E-state index contributed by atoms with van der Waals surface area (Å²) in [6.07, 6.45) is 1.65. The average Bonchev–Trinajstić information content (AvgIpc) is 2.94. The Morgan fingerprint density at radius 1 is 1.08 bits per heavy atom. The maximum absolute atomic E-state index is 13.2. The van der Waals surface area contributed by atoms with Crippen LogP contribution in [0.2, 0.25) is 0 Å². The topological polar surface area (TPSA) is 178 Å². The molecule has 3 aromatic carbocycles. The van der Waals surface area contributed by atoms with Gasteiger partial charge in [-0.25, -0.2) is 13.1 Å². The van der Waals surface area contributed by atoms with E-state index in [2.05, 4.69) is 15.4 Å². The number of guanidine groups is 1. The fourth-order valence-corrected chi connectivity index (χ4v) is 5.62. The number of sulfonamides is 1. The van der Waals surface area contributed by atoms with Crippen molar-refractivity contribution in [1.82, 2.24) is 20.3 Å². The number of aromatic hydroxyl groups is 1. The highest BCUT2D eigenvalue weighted by Crippen LogP contribution is 2.19. The molecule has 1 fully saturated rings. The van der Waals surface area contributed by atoms with Crippen molar-refractivity contribution < 1.29 is 23.1 Å². The molecule has 1 aliphatic rings. The van der Waals surface area contributed by atoms with Gasteiger partial charge >= 0.3 is 0 Å². The number of phenolic OH excluding ortho intramolecular Hbond substituents is 1. The SMILES string of the molecule is N=C(N)N1CCC[C@@H](CNC(=O)[C@H](CNS(=O)(=O)c2ccc3ccccc3c2)NC(=O)c2ccccc2O)C1. The number of para-hydroxylation sites is 1. The number of benzene rings is 3. The van der Waals surface area contributed by atoms with Crippen molar-refractivity contribution in [2.24, 2.45) is 11.7 Å². The van der Waals surface area contributed by atoms with Gasteiger partial charge in [0.1, 0.15) is 11.8 Å². The highest BCUT2D eigenvalue weighted by atomic mass is 32.2. The first-order valence-corrected chi connectivity index (χ1v) is 14.1. The van der Waals surface area contributed by atoms with Gasteiger partial charge in [0.25, 0.3) is 5.91 Å². The van der Waals surface area contributed by atoms with E-state index in [-0.39, 0.29) is 34.6 Å². The highest BCUT2D eigenvalue weighted by Gasteiger charge is 2.27. The summed E-state index contributed by atoms with van der Waals surface area (Å²) in [5.74, 6) is -1.56. The van der Waals surface area contributed by atoms with Crippen molar-refractivity contribution in [1.29, 1.82) is 5.41 Å². The minimum Gasteiger partial charge on any atom is -0.507 e. The molecule has 0 saturated carbocycles. The van der Waals surface area contributed by atoms with Gasteiger partial charge in [0.15, 0.2) is 5.96 Å². The quantitative estimate of drug-likeness (QED) is 0.171. The summed E-state index contributed by atoms with van der Waals surface area (Å²) in [5, 5.41) is 24.7. The summed E-state index contributed by atoms with van der Waals surface area (Å²) in [6.45, 7) is 1.04. The predicted molar refractivity (Wildman–Crippen MR) is 148 cm³/mol. The van der Waals surface area contributed by atoms with E-state index in [1.807, 2.05) is 18.2 Å². The molecule has 3 aromatic rings. The molecule has 1 aliphatic heterocycles. The number of hydrogen-bond acceptors (Lipinski definition) is 6. The van der Waals surface area contributed by atoms with Crippen molar-refractivity contribution in [3.8, 4) is 5.75 Å². The number of piperidine rings is 1. The Morgan fingerprint density at radius 3 is 2.54 bits per heavy atom. The molecular weight excluding hydrogens is 520 g/mol. The van der Waals surface area contributed by atoms with E-state index in [1.165, 1.54) is 24.3 Å². The molecule has 4 rings (SSSR count). The van der Waals surface area contributed by atoms with Gasteiger partial charge in [-0.15, -0.1) is 0 Å². The van der Waals surface area contributed by atoms with Crippen LogP contribution in [0.3, 0.4) is 0 Å². The van der Waals surface area contributed by atoms with Crippen LogP contribution in [0.1, 0.15) is 23.2 Å². The molecule has 2 atom stereocenters. The minimum absolute atomic E-state index is 0.0260. The Labute approximate surface area is 226 Å². The van der Waals surface area contributed by atoms with Crippen LogP contribution in [0.5, 0.6) is 5.75 Å². The molecule has 1 heterocycles. The highest BCUT2D eigenvalue weighted by molar-refractivity contribution is 7.89. The number of nitrogens with two attached hydrogens (primary N) is 1. The monoisotopic (exact) mass is 552 g/mol.